The zero-order valence-corrected chi connectivity index (χ0v) is 12.4. The molecule has 2 N–H and O–H groups in total. The van der Waals surface area contributed by atoms with Gasteiger partial charge >= 0.3 is 0 Å². The molecule has 0 aliphatic heterocycles. The van der Waals surface area contributed by atoms with Crippen molar-refractivity contribution in [2.24, 2.45) is 0 Å². The predicted octanol–water partition coefficient (Wildman–Crippen LogP) is 3.56. The molecule has 1 aliphatic rings. The molecule has 0 bridgehead atoms. The zero-order valence-electron chi connectivity index (χ0n) is 11.6. The van der Waals surface area contributed by atoms with E-state index in [0.29, 0.717) is 10.7 Å². The summed E-state index contributed by atoms with van der Waals surface area (Å²) in [5.74, 6) is -0.0764. The molecule has 1 unspecified atom stereocenters. The maximum atomic E-state index is 12.0. The van der Waals surface area contributed by atoms with E-state index in [1.54, 1.807) is 12.1 Å². The number of fused-ring (bicyclic) bond motifs is 1. The van der Waals surface area contributed by atoms with E-state index in [1.807, 2.05) is 18.2 Å². The Hall–Kier alpha value is -1.84. The van der Waals surface area contributed by atoms with Crippen molar-refractivity contribution < 1.29 is 4.79 Å². The number of anilines is 1. The van der Waals surface area contributed by atoms with Gasteiger partial charge in [0.05, 0.1) is 17.3 Å². The molecule has 4 heteroatoms. The molecule has 1 amide bonds. The number of para-hydroxylation sites is 1. The van der Waals surface area contributed by atoms with Gasteiger partial charge in [-0.1, -0.05) is 48.0 Å². The minimum Gasteiger partial charge on any atom is -0.324 e. The van der Waals surface area contributed by atoms with Crippen LogP contribution in [-0.4, -0.2) is 12.5 Å². The summed E-state index contributed by atoms with van der Waals surface area (Å²) in [6.07, 6.45) is 2.11. The molecule has 0 spiro atoms. The monoisotopic (exact) mass is 300 g/mol. The van der Waals surface area contributed by atoms with Crippen LogP contribution in [0.3, 0.4) is 0 Å². The van der Waals surface area contributed by atoms with Crippen molar-refractivity contribution in [3.63, 3.8) is 0 Å². The van der Waals surface area contributed by atoms with Crippen molar-refractivity contribution in [2.45, 2.75) is 18.9 Å². The Morgan fingerprint density at radius 3 is 2.76 bits per heavy atom. The Balaban J connectivity index is 1.57. The fourth-order valence-electron chi connectivity index (χ4n) is 2.74. The first-order valence-electron chi connectivity index (χ1n) is 7.09. The van der Waals surface area contributed by atoms with E-state index in [2.05, 4.69) is 28.8 Å². The topological polar surface area (TPSA) is 41.1 Å². The molecule has 3 rings (SSSR count). The lowest BCUT2D eigenvalue weighted by atomic mass is 10.1. The smallest absolute Gasteiger partial charge is 0.238 e. The highest BCUT2D eigenvalue weighted by molar-refractivity contribution is 6.33. The quantitative estimate of drug-likeness (QED) is 0.906. The molecule has 108 valence electrons. The van der Waals surface area contributed by atoms with Crippen LogP contribution in [0.2, 0.25) is 5.02 Å². The van der Waals surface area contributed by atoms with Crippen LogP contribution in [0.25, 0.3) is 0 Å². The molecule has 0 saturated carbocycles. The van der Waals surface area contributed by atoms with Gasteiger partial charge in [-0.15, -0.1) is 0 Å². The summed E-state index contributed by atoms with van der Waals surface area (Å²) in [7, 11) is 0. The average molecular weight is 301 g/mol. The van der Waals surface area contributed by atoms with Crippen LogP contribution in [0, 0.1) is 0 Å². The van der Waals surface area contributed by atoms with E-state index < -0.39 is 0 Å². The van der Waals surface area contributed by atoms with Gasteiger partial charge in [-0.2, -0.15) is 0 Å². The SMILES string of the molecule is O=C(CNC1CCc2ccccc21)Nc1ccccc1Cl. The van der Waals surface area contributed by atoms with Gasteiger partial charge in [-0.3, -0.25) is 4.79 Å². The maximum absolute atomic E-state index is 12.0. The molecule has 1 aliphatic carbocycles. The highest BCUT2D eigenvalue weighted by Gasteiger charge is 2.21. The van der Waals surface area contributed by atoms with Crippen molar-refractivity contribution >= 4 is 23.2 Å². The van der Waals surface area contributed by atoms with E-state index in [0.717, 1.165) is 12.8 Å². The molecular weight excluding hydrogens is 284 g/mol. The first kappa shape index (κ1) is 14.1. The number of rotatable bonds is 4. The molecule has 0 fully saturated rings. The largest absolute Gasteiger partial charge is 0.324 e. The summed E-state index contributed by atoms with van der Waals surface area (Å²) in [6.45, 7) is 0.282. The Morgan fingerprint density at radius 2 is 1.90 bits per heavy atom. The van der Waals surface area contributed by atoms with Crippen molar-refractivity contribution in [3.05, 3.63) is 64.7 Å². The predicted molar refractivity (Wildman–Crippen MR) is 85.6 cm³/mol. The molecule has 0 heterocycles. The first-order chi connectivity index (χ1) is 10.2. The fourth-order valence-corrected chi connectivity index (χ4v) is 2.93. The molecule has 3 nitrogen and oxygen atoms in total. The Labute approximate surface area is 129 Å². The van der Waals surface area contributed by atoms with Crippen molar-refractivity contribution in [1.29, 1.82) is 0 Å². The summed E-state index contributed by atoms with van der Waals surface area (Å²) < 4.78 is 0. The summed E-state index contributed by atoms with van der Waals surface area (Å²) in [4.78, 5) is 12.0. The molecular formula is C17H17ClN2O. The third-order valence-electron chi connectivity index (χ3n) is 3.79. The second kappa shape index (κ2) is 6.29. The Morgan fingerprint density at radius 1 is 1.14 bits per heavy atom. The number of nitrogens with one attached hydrogen (secondary N) is 2. The molecule has 2 aromatic carbocycles. The number of aryl methyl sites for hydroxylation is 1. The summed E-state index contributed by atoms with van der Waals surface area (Å²) >= 11 is 6.03. The first-order valence-corrected chi connectivity index (χ1v) is 7.47. The fraction of sp³-hybridized carbons (Fsp3) is 0.235. The van der Waals surface area contributed by atoms with Crippen molar-refractivity contribution in [1.82, 2.24) is 5.32 Å². The Bertz CT molecular complexity index is 657. The summed E-state index contributed by atoms with van der Waals surface area (Å²) in [5.41, 5.74) is 3.34. The van der Waals surface area contributed by atoms with Gasteiger partial charge in [0.15, 0.2) is 0 Å². The molecule has 2 aromatic rings. The maximum Gasteiger partial charge on any atom is 0.238 e. The third kappa shape index (κ3) is 3.26. The van der Waals surface area contributed by atoms with Crippen LogP contribution < -0.4 is 10.6 Å². The van der Waals surface area contributed by atoms with E-state index in [1.165, 1.54) is 11.1 Å². The van der Waals surface area contributed by atoms with E-state index in [9.17, 15) is 4.79 Å². The van der Waals surface area contributed by atoms with Crippen molar-refractivity contribution in [3.8, 4) is 0 Å². The van der Waals surface area contributed by atoms with Gasteiger partial charge in [0, 0.05) is 6.04 Å². The number of hydrogen-bond donors (Lipinski definition) is 2. The number of benzene rings is 2. The second-order valence-corrected chi connectivity index (χ2v) is 5.61. The number of halogens is 1. The second-order valence-electron chi connectivity index (χ2n) is 5.20. The summed E-state index contributed by atoms with van der Waals surface area (Å²) in [5, 5.41) is 6.70. The van der Waals surface area contributed by atoms with E-state index in [4.69, 9.17) is 11.6 Å². The van der Waals surface area contributed by atoms with Crippen LogP contribution in [-0.2, 0) is 11.2 Å². The number of hydrogen-bond acceptors (Lipinski definition) is 2. The van der Waals surface area contributed by atoms with Crippen LogP contribution in [0.15, 0.2) is 48.5 Å². The van der Waals surface area contributed by atoms with Gasteiger partial charge in [-0.05, 0) is 36.1 Å². The van der Waals surface area contributed by atoms with Crippen LogP contribution in [0.4, 0.5) is 5.69 Å². The number of carbonyl (C=O) groups is 1. The molecule has 0 saturated heterocycles. The molecule has 1 atom stereocenters. The zero-order chi connectivity index (χ0) is 14.7. The third-order valence-corrected chi connectivity index (χ3v) is 4.12. The van der Waals surface area contributed by atoms with Crippen LogP contribution in [0.5, 0.6) is 0 Å². The number of amides is 1. The Kier molecular flexibility index (Phi) is 4.23. The highest BCUT2D eigenvalue weighted by Crippen LogP contribution is 2.30. The van der Waals surface area contributed by atoms with E-state index >= 15 is 0 Å². The minimum atomic E-state index is -0.0764. The van der Waals surface area contributed by atoms with Gasteiger partial charge in [0.1, 0.15) is 0 Å². The van der Waals surface area contributed by atoms with Gasteiger partial charge in [0.25, 0.3) is 0 Å². The lowest BCUT2D eigenvalue weighted by molar-refractivity contribution is -0.115. The normalized spacial score (nSPS) is 16.5. The number of carbonyl (C=O) groups excluding carboxylic acids is 1. The molecule has 21 heavy (non-hydrogen) atoms. The van der Waals surface area contributed by atoms with Gasteiger partial charge in [0.2, 0.25) is 5.91 Å². The van der Waals surface area contributed by atoms with Gasteiger partial charge in [-0.25, -0.2) is 0 Å². The lowest BCUT2D eigenvalue weighted by Crippen LogP contribution is -2.30. The lowest BCUT2D eigenvalue weighted by Gasteiger charge is -2.14. The molecule has 0 aromatic heterocycles. The minimum absolute atomic E-state index is 0.0764. The standard InChI is InChI=1S/C17H17ClN2O/c18-14-7-3-4-8-16(14)20-17(21)11-19-15-10-9-12-5-1-2-6-13(12)15/h1-8,15,19H,9-11H2,(H,20,21). The average Bonchev–Trinajstić information content (AvgIpc) is 2.91. The van der Waals surface area contributed by atoms with Gasteiger partial charge < -0.3 is 10.6 Å². The molecule has 0 radical (unpaired) electrons. The summed E-state index contributed by atoms with van der Waals surface area (Å²) in [6, 6.07) is 15.9. The van der Waals surface area contributed by atoms with Crippen LogP contribution >= 0.6 is 11.6 Å². The van der Waals surface area contributed by atoms with Crippen molar-refractivity contribution in [2.75, 3.05) is 11.9 Å². The van der Waals surface area contributed by atoms with E-state index in [-0.39, 0.29) is 18.5 Å². The highest BCUT2D eigenvalue weighted by atomic mass is 35.5. The van der Waals surface area contributed by atoms with Crippen LogP contribution in [0.1, 0.15) is 23.6 Å².